The van der Waals surface area contributed by atoms with Crippen molar-refractivity contribution in [2.24, 2.45) is 14.1 Å². The number of hydrogen-bond donors (Lipinski definition) is 0. The monoisotopic (exact) mass is 253 g/mol. The van der Waals surface area contributed by atoms with Crippen LogP contribution in [0.25, 0.3) is 22.3 Å². The maximum Gasteiger partial charge on any atom is 0.153 e. The number of benzene rings is 1. The van der Waals surface area contributed by atoms with Gasteiger partial charge in [-0.15, -0.1) is 0 Å². The molecule has 0 spiro atoms. The van der Waals surface area contributed by atoms with E-state index < -0.39 is 0 Å². The maximum absolute atomic E-state index is 11.1. The Morgan fingerprint density at radius 2 is 2.00 bits per heavy atom. The van der Waals surface area contributed by atoms with E-state index >= 15 is 0 Å². The first kappa shape index (κ1) is 11.7. The smallest absolute Gasteiger partial charge is 0.153 e. The zero-order valence-corrected chi connectivity index (χ0v) is 11.2. The summed E-state index contributed by atoms with van der Waals surface area (Å²) in [6.07, 6.45) is 2.59. The standard InChI is InChI=1S/C15H15N3O/c1-10-4-5-11-7-14(18(3)13(11)6-10)15-12(9-19)8-17(2)16-15/h4-9H,1-3H3. The van der Waals surface area contributed by atoms with E-state index in [0.29, 0.717) is 5.56 Å². The van der Waals surface area contributed by atoms with Gasteiger partial charge in [0.1, 0.15) is 5.69 Å². The Morgan fingerprint density at radius 1 is 1.21 bits per heavy atom. The van der Waals surface area contributed by atoms with Crippen molar-refractivity contribution in [3.05, 3.63) is 41.6 Å². The zero-order valence-electron chi connectivity index (χ0n) is 11.2. The van der Waals surface area contributed by atoms with Gasteiger partial charge in [0.15, 0.2) is 6.29 Å². The van der Waals surface area contributed by atoms with Crippen LogP contribution in [0.5, 0.6) is 0 Å². The molecule has 19 heavy (non-hydrogen) atoms. The molecule has 0 aliphatic rings. The van der Waals surface area contributed by atoms with Crippen LogP contribution in [0.3, 0.4) is 0 Å². The van der Waals surface area contributed by atoms with E-state index in [9.17, 15) is 4.79 Å². The SMILES string of the molecule is Cc1ccc2cc(-c3nn(C)cc3C=O)n(C)c2c1. The minimum Gasteiger partial charge on any atom is -0.342 e. The second-order valence-electron chi connectivity index (χ2n) is 4.88. The Kier molecular flexibility index (Phi) is 2.52. The van der Waals surface area contributed by atoms with Gasteiger partial charge in [-0.2, -0.15) is 5.10 Å². The van der Waals surface area contributed by atoms with Crippen molar-refractivity contribution in [2.45, 2.75) is 6.92 Å². The van der Waals surface area contributed by atoms with Gasteiger partial charge in [-0.1, -0.05) is 12.1 Å². The number of nitrogens with zero attached hydrogens (tertiary/aromatic N) is 3. The van der Waals surface area contributed by atoms with Gasteiger partial charge in [-0.3, -0.25) is 9.48 Å². The zero-order chi connectivity index (χ0) is 13.6. The van der Waals surface area contributed by atoms with Crippen LogP contribution >= 0.6 is 0 Å². The van der Waals surface area contributed by atoms with Gasteiger partial charge in [0.2, 0.25) is 0 Å². The summed E-state index contributed by atoms with van der Waals surface area (Å²) in [4.78, 5) is 11.1. The second-order valence-corrected chi connectivity index (χ2v) is 4.88. The molecule has 0 aliphatic carbocycles. The van der Waals surface area contributed by atoms with Crippen molar-refractivity contribution in [1.29, 1.82) is 0 Å². The fourth-order valence-electron chi connectivity index (χ4n) is 2.46. The maximum atomic E-state index is 11.1. The van der Waals surface area contributed by atoms with Crippen LogP contribution in [0.2, 0.25) is 0 Å². The van der Waals surface area contributed by atoms with Crippen molar-refractivity contribution in [2.75, 3.05) is 0 Å². The third-order valence-electron chi connectivity index (χ3n) is 3.43. The lowest BCUT2D eigenvalue weighted by molar-refractivity contribution is 0.112. The molecule has 0 fully saturated rings. The van der Waals surface area contributed by atoms with Crippen molar-refractivity contribution < 1.29 is 4.79 Å². The summed E-state index contributed by atoms with van der Waals surface area (Å²) < 4.78 is 3.75. The Labute approximate surface area is 111 Å². The lowest BCUT2D eigenvalue weighted by atomic mass is 10.2. The normalized spacial score (nSPS) is 11.1. The van der Waals surface area contributed by atoms with E-state index in [1.54, 1.807) is 10.9 Å². The van der Waals surface area contributed by atoms with E-state index in [2.05, 4.69) is 40.9 Å². The summed E-state index contributed by atoms with van der Waals surface area (Å²) in [5.74, 6) is 0. The molecule has 0 bridgehead atoms. The van der Waals surface area contributed by atoms with Gasteiger partial charge in [0.25, 0.3) is 0 Å². The molecule has 0 aliphatic heterocycles. The Morgan fingerprint density at radius 3 is 2.74 bits per heavy atom. The van der Waals surface area contributed by atoms with Crippen LogP contribution in [0.1, 0.15) is 15.9 Å². The highest BCUT2D eigenvalue weighted by atomic mass is 16.1. The number of aromatic nitrogens is 3. The third-order valence-corrected chi connectivity index (χ3v) is 3.43. The van der Waals surface area contributed by atoms with E-state index in [-0.39, 0.29) is 0 Å². The third kappa shape index (κ3) is 1.76. The molecule has 0 saturated heterocycles. The van der Waals surface area contributed by atoms with Crippen molar-refractivity contribution in [3.63, 3.8) is 0 Å². The Hall–Kier alpha value is -2.36. The molecule has 0 unspecified atom stereocenters. The topological polar surface area (TPSA) is 39.8 Å². The molecule has 3 rings (SSSR count). The van der Waals surface area contributed by atoms with Gasteiger partial charge in [-0.05, 0) is 24.6 Å². The predicted octanol–water partition coefficient (Wildman–Crippen LogP) is 2.70. The summed E-state index contributed by atoms with van der Waals surface area (Å²) in [6.45, 7) is 2.07. The molecule has 4 heteroatoms. The molecule has 2 aromatic heterocycles. The first-order valence-electron chi connectivity index (χ1n) is 6.15. The van der Waals surface area contributed by atoms with Crippen LogP contribution in [0.15, 0.2) is 30.5 Å². The molecule has 0 N–H and O–H groups in total. The van der Waals surface area contributed by atoms with E-state index in [1.807, 2.05) is 14.1 Å². The number of rotatable bonds is 2. The van der Waals surface area contributed by atoms with Gasteiger partial charge in [0, 0.05) is 31.2 Å². The summed E-state index contributed by atoms with van der Waals surface area (Å²) >= 11 is 0. The van der Waals surface area contributed by atoms with Crippen molar-refractivity contribution >= 4 is 17.2 Å². The molecular formula is C15H15N3O. The highest BCUT2D eigenvalue weighted by molar-refractivity contribution is 5.91. The number of aryl methyl sites for hydroxylation is 3. The van der Waals surface area contributed by atoms with E-state index in [4.69, 9.17) is 0 Å². The summed E-state index contributed by atoms with van der Waals surface area (Å²) in [5, 5.41) is 5.55. The lowest BCUT2D eigenvalue weighted by Crippen LogP contribution is -1.95. The van der Waals surface area contributed by atoms with Crippen LogP contribution < -0.4 is 0 Å². The molecule has 4 nitrogen and oxygen atoms in total. The molecule has 3 aromatic rings. The number of carbonyl (C=O) groups is 1. The summed E-state index contributed by atoms with van der Waals surface area (Å²) in [5.41, 5.74) is 4.68. The summed E-state index contributed by atoms with van der Waals surface area (Å²) in [6, 6.07) is 8.40. The lowest BCUT2D eigenvalue weighted by Gasteiger charge is -2.02. The van der Waals surface area contributed by atoms with Gasteiger partial charge >= 0.3 is 0 Å². The van der Waals surface area contributed by atoms with Crippen LogP contribution in [-0.2, 0) is 14.1 Å². The molecule has 0 atom stereocenters. The fraction of sp³-hybridized carbons (Fsp3) is 0.200. The molecule has 0 saturated carbocycles. The highest BCUT2D eigenvalue weighted by Crippen LogP contribution is 2.28. The Balaban J connectivity index is 2.30. The number of carbonyl (C=O) groups excluding carboxylic acids is 1. The van der Waals surface area contributed by atoms with Gasteiger partial charge in [0.05, 0.1) is 11.3 Å². The van der Waals surface area contributed by atoms with Gasteiger partial charge in [-0.25, -0.2) is 0 Å². The number of fused-ring (bicyclic) bond motifs is 1. The molecular weight excluding hydrogens is 238 g/mol. The molecule has 2 heterocycles. The van der Waals surface area contributed by atoms with E-state index in [0.717, 1.165) is 28.6 Å². The average molecular weight is 253 g/mol. The van der Waals surface area contributed by atoms with Crippen LogP contribution in [0, 0.1) is 6.92 Å². The summed E-state index contributed by atoms with van der Waals surface area (Å²) in [7, 11) is 3.82. The molecule has 96 valence electrons. The average Bonchev–Trinajstić information content (AvgIpc) is 2.91. The first-order chi connectivity index (χ1) is 9.10. The minimum atomic E-state index is 0.616. The molecule has 0 amide bonds. The van der Waals surface area contributed by atoms with Crippen LogP contribution in [-0.4, -0.2) is 20.6 Å². The molecule has 0 radical (unpaired) electrons. The fourth-order valence-corrected chi connectivity index (χ4v) is 2.46. The largest absolute Gasteiger partial charge is 0.342 e. The minimum absolute atomic E-state index is 0.616. The predicted molar refractivity (Wildman–Crippen MR) is 75.2 cm³/mol. The van der Waals surface area contributed by atoms with Crippen molar-refractivity contribution in [1.82, 2.24) is 14.3 Å². The first-order valence-corrected chi connectivity index (χ1v) is 6.15. The quantitative estimate of drug-likeness (QED) is 0.659. The number of hydrogen-bond acceptors (Lipinski definition) is 2. The second kappa shape index (κ2) is 4.09. The van der Waals surface area contributed by atoms with Crippen molar-refractivity contribution in [3.8, 4) is 11.4 Å². The van der Waals surface area contributed by atoms with Gasteiger partial charge < -0.3 is 4.57 Å². The highest BCUT2D eigenvalue weighted by Gasteiger charge is 2.14. The molecule has 1 aromatic carbocycles. The number of aldehydes is 1. The van der Waals surface area contributed by atoms with E-state index in [1.165, 1.54) is 5.56 Å². The van der Waals surface area contributed by atoms with Crippen LogP contribution in [0.4, 0.5) is 0 Å². The Bertz CT molecular complexity index is 780.